The lowest BCUT2D eigenvalue weighted by molar-refractivity contribution is -0.133. The molecule has 4 rings (SSSR count). The van der Waals surface area contributed by atoms with Crippen LogP contribution >= 0.6 is 11.8 Å². The fourth-order valence-corrected chi connectivity index (χ4v) is 5.24. The van der Waals surface area contributed by atoms with E-state index in [1.165, 1.54) is 17.3 Å². The highest BCUT2D eigenvalue weighted by Crippen LogP contribution is 2.41. The van der Waals surface area contributed by atoms with E-state index in [0.717, 1.165) is 55.9 Å². The molecule has 0 bridgehead atoms. The van der Waals surface area contributed by atoms with Crippen LogP contribution in [0, 0.1) is 11.3 Å². The second-order valence-electron chi connectivity index (χ2n) is 8.55. The van der Waals surface area contributed by atoms with Gasteiger partial charge in [-0.3, -0.25) is 4.79 Å². The topological polar surface area (TPSA) is 74.8 Å². The van der Waals surface area contributed by atoms with Crippen LogP contribution in [0.1, 0.15) is 69.2 Å². The molecule has 30 heavy (non-hydrogen) atoms. The van der Waals surface area contributed by atoms with E-state index >= 15 is 0 Å². The monoisotopic (exact) mass is 423 g/mol. The molecule has 1 amide bonds. The van der Waals surface area contributed by atoms with Gasteiger partial charge >= 0.3 is 0 Å². The first kappa shape index (κ1) is 20.9. The second-order valence-corrected chi connectivity index (χ2v) is 9.86. The minimum atomic E-state index is -0.666. The summed E-state index contributed by atoms with van der Waals surface area (Å²) in [5.74, 6) is 1.49. The molecule has 2 saturated carbocycles. The van der Waals surface area contributed by atoms with E-state index in [1.807, 2.05) is 25.1 Å². The highest BCUT2D eigenvalue weighted by Gasteiger charge is 2.40. The third kappa shape index (κ3) is 4.24. The van der Waals surface area contributed by atoms with Gasteiger partial charge in [-0.05, 0) is 38.2 Å². The average Bonchev–Trinajstić information content (AvgIpc) is 3.56. The molecule has 1 aromatic heterocycles. The molecule has 0 radical (unpaired) electrons. The second kappa shape index (κ2) is 8.81. The maximum atomic E-state index is 13.2. The van der Waals surface area contributed by atoms with Gasteiger partial charge in [0.05, 0.1) is 17.9 Å². The summed E-state index contributed by atoms with van der Waals surface area (Å²) in [6.07, 6.45) is 6.98. The molecule has 2 aliphatic rings. The number of carbonyl (C=O) groups excluding carboxylic acids is 1. The maximum absolute atomic E-state index is 13.2. The molecule has 1 atom stereocenters. The predicted octanol–water partition coefficient (Wildman–Crippen LogP) is 4.37. The van der Waals surface area contributed by atoms with Crippen LogP contribution in [0.5, 0.6) is 0 Å². The largest absolute Gasteiger partial charge is 0.326 e. The van der Waals surface area contributed by atoms with Crippen LogP contribution in [-0.2, 0) is 11.3 Å². The van der Waals surface area contributed by atoms with Crippen molar-refractivity contribution in [1.29, 1.82) is 5.26 Å². The highest BCUT2D eigenvalue weighted by atomic mass is 32.2. The first-order chi connectivity index (χ1) is 14.5. The lowest BCUT2D eigenvalue weighted by Crippen LogP contribution is -2.52. The van der Waals surface area contributed by atoms with Gasteiger partial charge in [-0.1, -0.05) is 61.4 Å². The Bertz CT molecular complexity index is 925. The van der Waals surface area contributed by atoms with Crippen molar-refractivity contribution >= 4 is 17.7 Å². The van der Waals surface area contributed by atoms with Crippen LogP contribution in [0.2, 0.25) is 0 Å². The van der Waals surface area contributed by atoms with Crippen molar-refractivity contribution in [3.8, 4) is 6.07 Å². The Morgan fingerprint density at radius 1 is 1.27 bits per heavy atom. The molecule has 0 saturated heterocycles. The number of hydrogen-bond acceptors (Lipinski definition) is 5. The van der Waals surface area contributed by atoms with Gasteiger partial charge in [0, 0.05) is 13.0 Å². The number of amides is 1. The summed E-state index contributed by atoms with van der Waals surface area (Å²) in [6.45, 7) is 2.62. The molecule has 158 valence electrons. The van der Waals surface area contributed by atoms with E-state index in [4.69, 9.17) is 0 Å². The molecule has 0 N–H and O–H groups in total. The lowest BCUT2D eigenvalue weighted by Gasteiger charge is -2.40. The number of thioether (sulfide) groups is 1. The van der Waals surface area contributed by atoms with Gasteiger partial charge in [-0.2, -0.15) is 5.26 Å². The summed E-state index contributed by atoms with van der Waals surface area (Å²) in [5.41, 5.74) is 0.531. The van der Waals surface area contributed by atoms with E-state index in [9.17, 15) is 10.1 Å². The fraction of sp³-hybridized carbons (Fsp3) is 0.565. The van der Waals surface area contributed by atoms with Crippen LogP contribution in [-0.4, -0.2) is 43.4 Å². The SMILES string of the molecule is C[C@@H](Sc1nnc(C2CC2)n1Cc1ccccc1)C(=O)N(C)C1(C#N)CCCCC1. The zero-order valence-corrected chi connectivity index (χ0v) is 18.6. The summed E-state index contributed by atoms with van der Waals surface area (Å²) in [4.78, 5) is 14.9. The molecule has 0 aliphatic heterocycles. The number of aromatic nitrogens is 3. The summed E-state index contributed by atoms with van der Waals surface area (Å²) in [5, 5.41) is 19.2. The van der Waals surface area contributed by atoms with Crippen molar-refractivity contribution in [2.45, 2.75) is 80.3 Å². The Morgan fingerprint density at radius 3 is 2.60 bits per heavy atom. The number of nitriles is 1. The Hall–Kier alpha value is -2.33. The van der Waals surface area contributed by atoms with Gasteiger partial charge in [0.1, 0.15) is 11.4 Å². The Morgan fingerprint density at radius 2 is 1.97 bits per heavy atom. The molecule has 2 aliphatic carbocycles. The van der Waals surface area contributed by atoms with E-state index < -0.39 is 5.54 Å². The summed E-state index contributed by atoms with van der Waals surface area (Å²) in [7, 11) is 1.79. The van der Waals surface area contributed by atoms with E-state index in [1.54, 1.807) is 11.9 Å². The molecule has 6 nitrogen and oxygen atoms in total. The number of benzene rings is 1. The van der Waals surface area contributed by atoms with Crippen LogP contribution in [0.3, 0.4) is 0 Å². The lowest BCUT2D eigenvalue weighted by atomic mass is 9.81. The van der Waals surface area contributed by atoms with E-state index in [0.29, 0.717) is 12.5 Å². The number of carbonyl (C=O) groups is 1. The molecular formula is C23H29N5OS. The fourth-order valence-electron chi connectivity index (χ4n) is 4.30. The Balaban J connectivity index is 1.52. The smallest absolute Gasteiger partial charge is 0.236 e. The van der Waals surface area contributed by atoms with Crippen molar-refractivity contribution in [3.63, 3.8) is 0 Å². The Labute approximate surface area is 182 Å². The van der Waals surface area contributed by atoms with Gasteiger partial charge < -0.3 is 9.47 Å². The summed E-state index contributed by atoms with van der Waals surface area (Å²) >= 11 is 1.45. The van der Waals surface area contributed by atoms with Crippen molar-refractivity contribution in [1.82, 2.24) is 19.7 Å². The molecule has 2 fully saturated rings. The highest BCUT2D eigenvalue weighted by molar-refractivity contribution is 8.00. The predicted molar refractivity (Wildman–Crippen MR) is 117 cm³/mol. The van der Waals surface area contributed by atoms with Crippen LogP contribution < -0.4 is 0 Å². The minimum Gasteiger partial charge on any atom is -0.326 e. The summed E-state index contributed by atoms with van der Waals surface area (Å²) < 4.78 is 2.17. The average molecular weight is 424 g/mol. The van der Waals surface area contributed by atoms with Crippen LogP contribution in [0.15, 0.2) is 35.5 Å². The van der Waals surface area contributed by atoms with Crippen molar-refractivity contribution in [3.05, 3.63) is 41.7 Å². The number of nitrogens with zero attached hydrogens (tertiary/aromatic N) is 5. The molecular weight excluding hydrogens is 394 g/mol. The minimum absolute atomic E-state index is 0.00863. The molecule has 2 aromatic rings. The van der Waals surface area contributed by atoms with Crippen LogP contribution in [0.25, 0.3) is 0 Å². The Kier molecular flexibility index (Phi) is 6.14. The van der Waals surface area contributed by atoms with Gasteiger partial charge in [0.25, 0.3) is 0 Å². The first-order valence-corrected chi connectivity index (χ1v) is 11.7. The van der Waals surface area contributed by atoms with Gasteiger partial charge in [0.2, 0.25) is 5.91 Å². The molecule has 0 spiro atoms. The third-order valence-electron chi connectivity index (χ3n) is 6.36. The van der Waals surface area contributed by atoms with Gasteiger partial charge in [-0.15, -0.1) is 10.2 Å². The molecule has 1 heterocycles. The van der Waals surface area contributed by atoms with Crippen LogP contribution in [0.4, 0.5) is 0 Å². The maximum Gasteiger partial charge on any atom is 0.236 e. The standard InChI is InChI=1S/C23H29N5OS/c1-17(21(29)27(2)23(16-24)13-7-4-8-14-23)30-22-26-25-20(19-11-12-19)28(22)15-18-9-5-3-6-10-18/h3,5-6,9-10,17,19H,4,7-8,11-15H2,1-2H3/t17-/m1/s1. The third-order valence-corrected chi connectivity index (χ3v) is 7.43. The van der Waals surface area contributed by atoms with Gasteiger partial charge in [0.15, 0.2) is 5.16 Å². The zero-order chi connectivity index (χ0) is 21.1. The molecule has 0 unspecified atom stereocenters. The van der Waals surface area contributed by atoms with Crippen molar-refractivity contribution in [2.75, 3.05) is 7.05 Å². The van der Waals surface area contributed by atoms with Gasteiger partial charge in [-0.25, -0.2) is 0 Å². The zero-order valence-electron chi connectivity index (χ0n) is 17.8. The molecule has 7 heteroatoms. The van der Waals surface area contributed by atoms with E-state index in [-0.39, 0.29) is 11.2 Å². The van der Waals surface area contributed by atoms with E-state index in [2.05, 4.69) is 33.0 Å². The first-order valence-electron chi connectivity index (χ1n) is 10.9. The quantitative estimate of drug-likeness (QED) is 0.618. The van der Waals surface area contributed by atoms with Crippen molar-refractivity contribution < 1.29 is 4.79 Å². The molecule has 1 aromatic carbocycles. The van der Waals surface area contributed by atoms with Crippen molar-refractivity contribution in [2.24, 2.45) is 0 Å². The number of rotatable bonds is 7. The summed E-state index contributed by atoms with van der Waals surface area (Å²) in [6, 6.07) is 12.7. The number of hydrogen-bond donors (Lipinski definition) is 0. The normalized spacial score (nSPS) is 19.1.